The molecule has 1 saturated heterocycles. The van der Waals surface area contributed by atoms with E-state index in [2.05, 4.69) is 37.6 Å². The summed E-state index contributed by atoms with van der Waals surface area (Å²) < 4.78 is 29.2. The average Bonchev–Trinajstić information content (AvgIpc) is 2.47. The van der Waals surface area contributed by atoms with Crippen LogP contribution < -0.4 is 4.72 Å². The fraction of sp³-hybridized carbons (Fsp3) is 0.647. The van der Waals surface area contributed by atoms with Crippen LogP contribution in [0.2, 0.25) is 0 Å². The number of benzene rings is 1. The minimum Gasteiger partial charge on any atom is -0.202 e. The van der Waals surface area contributed by atoms with E-state index in [0.717, 1.165) is 12.8 Å². The van der Waals surface area contributed by atoms with E-state index in [1.54, 1.807) is 4.31 Å². The number of nitrogens with zero attached hydrogens (tertiary/aromatic N) is 1. The Labute approximate surface area is 135 Å². The van der Waals surface area contributed by atoms with Gasteiger partial charge in [-0.2, -0.15) is 12.7 Å². The molecule has 2 rings (SSSR count). The van der Waals surface area contributed by atoms with Crippen LogP contribution in [-0.2, 0) is 10.2 Å². The molecular weight excluding hydrogens is 296 g/mol. The number of hydrogen-bond acceptors (Lipinski definition) is 2. The van der Waals surface area contributed by atoms with Crippen molar-refractivity contribution in [2.24, 2.45) is 11.8 Å². The summed E-state index contributed by atoms with van der Waals surface area (Å²) in [7, 11) is -3.34. The van der Waals surface area contributed by atoms with Gasteiger partial charge in [0, 0.05) is 19.6 Å². The van der Waals surface area contributed by atoms with E-state index in [-0.39, 0.29) is 0 Å². The smallest absolute Gasteiger partial charge is 0.202 e. The lowest BCUT2D eigenvalue weighted by Crippen LogP contribution is -2.48. The van der Waals surface area contributed by atoms with Crippen molar-refractivity contribution in [1.29, 1.82) is 0 Å². The fourth-order valence-corrected chi connectivity index (χ4v) is 4.71. The Hall–Kier alpha value is -0.910. The number of rotatable bonds is 6. The zero-order valence-corrected chi connectivity index (χ0v) is 14.6. The summed E-state index contributed by atoms with van der Waals surface area (Å²) in [5.41, 5.74) is 1.25. The molecule has 0 bridgehead atoms. The molecular formula is C17H28N2O2S. The van der Waals surface area contributed by atoms with E-state index in [1.165, 1.54) is 5.56 Å². The first kappa shape index (κ1) is 17.4. The van der Waals surface area contributed by atoms with E-state index >= 15 is 0 Å². The predicted molar refractivity (Wildman–Crippen MR) is 90.9 cm³/mol. The highest BCUT2D eigenvalue weighted by Gasteiger charge is 2.30. The molecule has 22 heavy (non-hydrogen) atoms. The van der Waals surface area contributed by atoms with Crippen molar-refractivity contribution < 1.29 is 8.42 Å². The molecule has 0 amide bonds. The molecule has 5 heteroatoms. The third-order valence-corrected chi connectivity index (χ3v) is 5.95. The van der Waals surface area contributed by atoms with Gasteiger partial charge in [0.15, 0.2) is 0 Å². The highest BCUT2D eigenvalue weighted by atomic mass is 32.2. The van der Waals surface area contributed by atoms with Crippen molar-refractivity contribution in [3.63, 3.8) is 0 Å². The summed E-state index contributed by atoms with van der Waals surface area (Å²) >= 11 is 0. The van der Waals surface area contributed by atoms with Crippen molar-refractivity contribution >= 4 is 10.2 Å². The number of piperidine rings is 1. The lowest BCUT2D eigenvalue weighted by Gasteiger charge is -2.34. The third-order valence-electron chi connectivity index (χ3n) is 4.41. The average molecular weight is 324 g/mol. The van der Waals surface area contributed by atoms with Crippen LogP contribution in [0, 0.1) is 11.8 Å². The zero-order valence-electron chi connectivity index (χ0n) is 13.8. The van der Waals surface area contributed by atoms with Gasteiger partial charge in [0.25, 0.3) is 10.2 Å². The first-order chi connectivity index (χ1) is 10.4. The highest BCUT2D eigenvalue weighted by molar-refractivity contribution is 7.87. The lowest BCUT2D eigenvalue weighted by atomic mass is 9.94. The van der Waals surface area contributed by atoms with Gasteiger partial charge >= 0.3 is 0 Å². The minimum absolute atomic E-state index is 0.350. The summed E-state index contributed by atoms with van der Waals surface area (Å²) in [4.78, 5) is 0. The summed E-state index contributed by atoms with van der Waals surface area (Å²) in [6, 6.07) is 10.2. The molecule has 3 unspecified atom stereocenters. The molecule has 3 atom stereocenters. The third kappa shape index (κ3) is 4.80. The van der Waals surface area contributed by atoms with Gasteiger partial charge in [-0.1, -0.05) is 51.1 Å². The van der Waals surface area contributed by atoms with Gasteiger partial charge in [-0.3, -0.25) is 0 Å². The molecule has 0 saturated carbocycles. The molecule has 1 aromatic rings. The SMILES string of the molecule is CC1CC(C)CN(S(=O)(=O)NCCC(C)c2ccccc2)C1. The standard InChI is InChI=1S/C17H28N2O2S/c1-14-11-15(2)13-19(12-14)22(20,21)18-10-9-16(3)17-7-5-4-6-8-17/h4-8,14-16,18H,9-13H2,1-3H3. The van der Waals surface area contributed by atoms with Gasteiger partial charge in [0.2, 0.25) is 0 Å². The Balaban J connectivity index is 1.85. The minimum atomic E-state index is -3.34. The summed E-state index contributed by atoms with van der Waals surface area (Å²) in [5.74, 6) is 1.22. The van der Waals surface area contributed by atoms with Crippen LogP contribution in [0.15, 0.2) is 30.3 Å². The second kappa shape index (κ2) is 7.57. The topological polar surface area (TPSA) is 49.4 Å². The van der Waals surface area contributed by atoms with Gasteiger partial charge in [0.1, 0.15) is 0 Å². The summed E-state index contributed by atoms with van der Waals surface area (Å²) in [5, 5.41) is 0. The second-order valence-electron chi connectivity index (χ2n) is 6.76. The van der Waals surface area contributed by atoms with Crippen LogP contribution in [0.5, 0.6) is 0 Å². The molecule has 1 heterocycles. The molecule has 1 aromatic carbocycles. The molecule has 1 aliphatic rings. The molecule has 0 aromatic heterocycles. The van der Waals surface area contributed by atoms with Crippen LogP contribution in [0.4, 0.5) is 0 Å². The molecule has 124 valence electrons. The van der Waals surface area contributed by atoms with E-state index < -0.39 is 10.2 Å². The van der Waals surface area contributed by atoms with Crippen LogP contribution in [0.25, 0.3) is 0 Å². The van der Waals surface area contributed by atoms with Crippen molar-refractivity contribution in [1.82, 2.24) is 9.03 Å². The number of nitrogens with one attached hydrogen (secondary N) is 1. The Morgan fingerprint density at radius 3 is 2.36 bits per heavy atom. The molecule has 0 aliphatic carbocycles. The molecule has 1 aliphatic heterocycles. The van der Waals surface area contributed by atoms with Gasteiger partial charge in [-0.15, -0.1) is 0 Å². The molecule has 1 fully saturated rings. The van der Waals surface area contributed by atoms with Gasteiger partial charge in [0.05, 0.1) is 0 Å². The maximum absolute atomic E-state index is 12.4. The van der Waals surface area contributed by atoms with E-state index in [0.29, 0.717) is 37.4 Å². The first-order valence-corrected chi connectivity index (χ1v) is 9.62. The Morgan fingerprint density at radius 1 is 1.18 bits per heavy atom. The molecule has 1 N–H and O–H groups in total. The zero-order chi connectivity index (χ0) is 16.2. The summed E-state index contributed by atoms with van der Waals surface area (Å²) in [6.07, 6.45) is 1.92. The highest BCUT2D eigenvalue weighted by Crippen LogP contribution is 2.23. The van der Waals surface area contributed by atoms with Crippen LogP contribution in [0.3, 0.4) is 0 Å². The normalized spacial score (nSPS) is 25.0. The second-order valence-corrected chi connectivity index (χ2v) is 8.52. The van der Waals surface area contributed by atoms with Crippen molar-refractivity contribution in [2.75, 3.05) is 19.6 Å². The van der Waals surface area contributed by atoms with Crippen LogP contribution in [-0.4, -0.2) is 32.4 Å². The Morgan fingerprint density at radius 2 is 1.77 bits per heavy atom. The summed E-state index contributed by atoms with van der Waals surface area (Å²) in [6.45, 7) is 8.12. The first-order valence-electron chi connectivity index (χ1n) is 8.18. The van der Waals surface area contributed by atoms with Gasteiger partial charge < -0.3 is 0 Å². The van der Waals surface area contributed by atoms with Crippen molar-refractivity contribution in [3.8, 4) is 0 Å². The maximum Gasteiger partial charge on any atom is 0.279 e. The lowest BCUT2D eigenvalue weighted by molar-refractivity contribution is 0.220. The molecule has 4 nitrogen and oxygen atoms in total. The molecule has 0 spiro atoms. The van der Waals surface area contributed by atoms with Crippen LogP contribution >= 0.6 is 0 Å². The maximum atomic E-state index is 12.4. The molecule has 0 radical (unpaired) electrons. The van der Waals surface area contributed by atoms with Crippen molar-refractivity contribution in [2.45, 2.75) is 39.5 Å². The van der Waals surface area contributed by atoms with Crippen molar-refractivity contribution in [3.05, 3.63) is 35.9 Å². The van der Waals surface area contributed by atoms with Gasteiger partial charge in [-0.05, 0) is 36.2 Å². The fourth-order valence-electron chi connectivity index (χ4n) is 3.25. The predicted octanol–water partition coefficient (Wildman–Crippen LogP) is 2.99. The Bertz CT molecular complexity index is 549. The Kier molecular flexibility index (Phi) is 6.01. The van der Waals surface area contributed by atoms with E-state index in [9.17, 15) is 8.42 Å². The monoisotopic (exact) mass is 324 g/mol. The van der Waals surface area contributed by atoms with E-state index in [4.69, 9.17) is 0 Å². The van der Waals surface area contributed by atoms with E-state index in [1.807, 2.05) is 18.2 Å². The largest absolute Gasteiger partial charge is 0.279 e. The van der Waals surface area contributed by atoms with Crippen LogP contribution in [0.1, 0.15) is 45.1 Å². The van der Waals surface area contributed by atoms with Gasteiger partial charge in [-0.25, -0.2) is 4.72 Å². The quantitative estimate of drug-likeness (QED) is 0.874. The number of hydrogen-bond donors (Lipinski definition) is 1.